The first kappa shape index (κ1) is 11.7. The van der Waals surface area contributed by atoms with Gasteiger partial charge in [0.2, 0.25) is 0 Å². The molecule has 0 aromatic rings. The van der Waals surface area contributed by atoms with Crippen LogP contribution in [0.4, 0.5) is 4.79 Å². The van der Waals surface area contributed by atoms with Gasteiger partial charge in [0.1, 0.15) is 5.60 Å². The lowest BCUT2D eigenvalue weighted by molar-refractivity contribution is 0.0496. The van der Waals surface area contributed by atoms with Crippen molar-refractivity contribution in [2.45, 2.75) is 57.7 Å². The number of ether oxygens (including phenoxy) is 1. The van der Waals surface area contributed by atoms with E-state index in [1.54, 1.807) is 0 Å². The van der Waals surface area contributed by atoms with Crippen molar-refractivity contribution in [1.29, 1.82) is 0 Å². The topological polar surface area (TPSA) is 50.4 Å². The fourth-order valence-electron chi connectivity index (χ4n) is 2.77. The van der Waals surface area contributed by atoms with Gasteiger partial charge in [-0.2, -0.15) is 0 Å². The molecule has 4 heteroatoms. The molecular formula is C12H22N2O2. The van der Waals surface area contributed by atoms with Gasteiger partial charge in [0, 0.05) is 18.6 Å². The fraction of sp³-hybridized carbons (Fsp3) is 0.917. The first-order valence-corrected chi connectivity index (χ1v) is 6.18. The summed E-state index contributed by atoms with van der Waals surface area (Å²) in [5.74, 6) is 0.604. The zero-order valence-corrected chi connectivity index (χ0v) is 10.4. The molecule has 0 bridgehead atoms. The largest absolute Gasteiger partial charge is 0.444 e. The second kappa shape index (κ2) is 4.24. The van der Waals surface area contributed by atoms with Crippen molar-refractivity contribution >= 4 is 6.09 Å². The zero-order valence-electron chi connectivity index (χ0n) is 10.4. The van der Waals surface area contributed by atoms with Crippen LogP contribution in [0.3, 0.4) is 0 Å². The van der Waals surface area contributed by atoms with Crippen molar-refractivity contribution in [2.24, 2.45) is 5.92 Å². The third-order valence-electron chi connectivity index (χ3n) is 3.39. The van der Waals surface area contributed by atoms with E-state index < -0.39 is 5.60 Å². The van der Waals surface area contributed by atoms with Crippen molar-refractivity contribution in [3.8, 4) is 0 Å². The average Bonchev–Trinajstić information content (AvgIpc) is 2.66. The molecule has 0 aromatic heterocycles. The van der Waals surface area contributed by atoms with Crippen LogP contribution in [0, 0.1) is 5.92 Å². The Labute approximate surface area is 97.1 Å². The molecule has 1 aliphatic carbocycles. The summed E-state index contributed by atoms with van der Waals surface area (Å²) in [5, 5.41) is 6.45. The van der Waals surface area contributed by atoms with Gasteiger partial charge < -0.3 is 15.4 Å². The van der Waals surface area contributed by atoms with Crippen molar-refractivity contribution < 1.29 is 9.53 Å². The summed E-state index contributed by atoms with van der Waals surface area (Å²) in [5.41, 5.74) is -0.412. The molecule has 16 heavy (non-hydrogen) atoms. The van der Waals surface area contributed by atoms with Gasteiger partial charge >= 0.3 is 6.09 Å². The molecule has 3 atom stereocenters. The van der Waals surface area contributed by atoms with Crippen LogP contribution in [0.1, 0.15) is 40.0 Å². The Morgan fingerprint density at radius 1 is 1.38 bits per heavy atom. The van der Waals surface area contributed by atoms with E-state index >= 15 is 0 Å². The normalized spacial score (nSPS) is 33.6. The lowest BCUT2D eigenvalue weighted by atomic mass is 10.00. The van der Waals surface area contributed by atoms with Crippen LogP contribution in [-0.2, 0) is 4.74 Å². The molecule has 92 valence electrons. The van der Waals surface area contributed by atoms with E-state index in [-0.39, 0.29) is 12.1 Å². The van der Waals surface area contributed by atoms with Crippen LogP contribution in [0.25, 0.3) is 0 Å². The Morgan fingerprint density at radius 2 is 2.12 bits per heavy atom. The van der Waals surface area contributed by atoms with Crippen molar-refractivity contribution in [2.75, 3.05) is 6.54 Å². The molecular weight excluding hydrogens is 204 g/mol. The number of nitrogens with one attached hydrogen (secondary N) is 2. The summed E-state index contributed by atoms with van der Waals surface area (Å²) in [6.45, 7) is 6.54. The highest BCUT2D eigenvalue weighted by Crippen LogP contribution is 2.32. The first-order valence-electron chi connectivity index (χ1n) is 6.18. The Hall–Kier alpha value is -0.770. The van der Waals surface area contributed by atoms with E-state index in [4.69, 9.17) is 4.74 Å². The SMILES string of the molecule is CC(C)(C)OC(=O)N[C@H]1CN[C@@H]2CCC[C@H]12. The second-order valence-corrected chi connectivity index (χ2v) is 5.86. The minimum Gasteiger partial charge on any atom is -0.444 e. The van der Waals surface area contributed by atoms with Gasteiger partial charge in [0.25, 0.3) is 0 Å². The van der Waals surface area contributed by atoms with Gasteiger partial charge in [-0.3, -0.25) is 0 Å². The van der Waals surface area contributed by atoms with Crippen LogP contribution in [0.15, 0.2) is 0 Å². The average molecular weight is 226 g/mol. The van der Waals surface area contributed by atoms with Gasteiger partial charge in [0.05, 0.1) is 0 Å². The number of carbonyl (C=O) groups is 1. The molecule has 2 aliphatic rings. The van der Waals surface area contributed by atoms with Crippen LogP contribution in [0.2, 0.25) is 0 Å². The van der Waals surface area contributed by atoms with E-state index in [0.717, 1.165) is 6.54 Å². The number of rotatable bonds is 1. The molecule has 0 radical (unpaired) electrons. The third kappa shape index (κ3) is 2.67. The van der Waals surface area contributed by atoms with Crippen molar-refractivity contribution in [3.05, 3.63) is 0 Å². The second-order valence-electron chi connectivity index (χ2n) is 5.86. The summed E-state index contributed by atoms with van der Waals surface area (Å²) in [4.78, 5) is 11.6. The predicted octanol–water partition coefficient (Wildman–Crippen LogP) is 1.65. The quantitative estimate of drug-likeness (QED) is 0.715. The van der Waals surface area contributed by atoms with Crippen molar-refractivity contribution in [1.82, 2.24) is 10.6 Å². The lowest BCUT2D eigenvalue weighted by Crippen LogP contribution is -2.43. The van der Waals surface area contributed by atoms with Crippen LogP contribution < -0.4 is 10.6 Å². The van der Waals surface area contributed by atoms with Gasteiger partial charge in [-0.15, -0.1) is 0 Å². The van der Waals surface area contributed by atoms with Crippen LogP contribution in [-0.4, -0.2) is 30.3 Å². The molecule has 1 heterocycles. The lowest BCUT2D eigenvalue weighted by Gasteiger charge is -2.23. The molecule has 2 fully saturated rings. The Balaban J connectivity index is 1.83. The molecule has 1 saturated carbocycles. The number of fused-ring (bicyclic) bond motifs is 1. The first-order chi connectivity index (χ1) is 7.46. The van der Waals surface area contributed by atoms with Gasteiger partial charge in [-0.05, 0) is 39.5 Å². The summed E-state index contributed by atoms with van der Waals surface area (Å²) < 4.78 is 5.27. The van der Waals surface area contributed by atoms with Crippen LogP contribution in [0.5, 0.6) is 0 Å². The summed E-state index contributed by atoms with van der Waals surface area (Å²) in [6.07, 6.45) is 3.45. The molecule has 0 unspecified atom stereocenters. The zero-order chi connectivity index (χ0) is 11.8. The standard InChI is InChI=1S/C12H22N2O2/c1-12(2,3)16-11(15)14-10-7-13-9-6-4-5-8(9)10/h8-10,13H,4-7H2,1-3H3,(H,14,15)/t8-,9+,10-/m0/s1. The van der Waals surface area contributed by atoms with E-state index in [1.807, 2.05) is 20.8 Å². The molecule has 2 N–H and O–H groups in total. The highest BCUT2D eigenvalue weighted by Gasteiger charge is 2.39. The van der Waals surface area contributed by atoms with E-state index in [9.17, 15) is 4.79 Å². The van der Waals surface area contributed by atoms with Gasteiger partial charge in [-0.25, -0.2) is 4.79 Å². The predicted molar refractivity (Wildman–Crippen MR) is 62.3 cm³/mol. The highest BCUT2D eigenvalue weighted by atomic mass is 16.6. The Kier molecular flexibility index (Phi) is 3.10. The number of amides is 1. The van der Waals surface area contributed by atoms with Gasteiger partial charge in [-0.1, -0.05) is 6.42 Å². The van der Waals surface area contributed by atoms with E-state index in [2.05, 4.69) is 10.6 Å². The number of carbonyl (C=O) groups excluding carboxylic acids is 1. The summed E-state index contributed by atoms with van der Waals surface area (Å²) in [7, 11) is 0. The maximum atomic E-state index is 11.6. The highest BCUT2D eigenvalue weighted by molar-refractivity contribution is 5.68. The number of hydrogen-bond acceptors (Lipinski definition) is 3. The molecule has 1 saturated heterocycles. The fourth-order valence-corrected chi connectivity index (χ4v) is 2.77. The molecule has 0 spiro atoms. The maximum Gasteiger partial charge on any atom is 0.407 e. The summed E-state index contributed by atoms with van der Waals surface area (Å²) >= 11 is 0. The van der Waals surface area contributed by atoms with Crippen molar-refractivity contribution in [3.63, 3.8) is 0 Å². The van der Waals surface area contributed by atoms with Crippen LogP contribution >= 0.6 is 0 Å². The molecule has 0 aromatic carbocycles. The molecule has 2 rings (SSSR count). The number of alkyl carbamates (subject to hydrolysis) is 1. The molecule has 1 amide bonds. The summed E-state index contributed by atoms with van der Waals surface area (Å²) in [6, 6.07) is 0.863. The minimum atomic E-state index is -0.412. The molecule has 1 aliphatic heterocycles. The minimum absolute atomic E-state index is 0.252. The van der Waals surface area contributed by atoms with E-state index in [1.165, 1.54) is 19.3 Å². The Morgan fingerprint density at radius 3 is 2.81 bits per heavy atom. The number of hydrogen-bond donors (Lipinski definition) is 2. The Bertz CT molecular complexity index is 273. The van der Waals surface area contributed by atoms with Gasteiger partial charge in [0.15, 0.2) is 0 Å². The molecule has 4 nitrogen and oxygen atoms in total. The smallest absolute Gasteiger partial charge is 0.407 e. The monoisotopic (exact) mass is 226 g/mol. The maximum absolute atomic E-state index is 11.6. The third-order valence-corrected chi connectivity index (χ3v) is 3.39. The van der Waals surface area contributed by atoms with E-state index in [0.29, 0.717) is 12.0 Å².